The highest BCUT2D eigenvalue weighted by Crippen LogP contribution is 2.41. The fraction of sp³-hybridized carbons (Fsp3) is 0.611. The second kappa shape index (κ2) is 8.91. The number of sulfone groups is 1. The maximum absolute atomic E-state index is 13.2. The monoisotopic (exact) mass is 420 g/mol. The lowest BCUT2D eigenvalue weighted by atomic mass is 10.0. The van der Waals surface area contributed by atoms with Crippen molar-refractivity contribution >= 4 is 39.8 Å². The SMILES string of the molecule is Cl.O=C(NCCC1CCNC1)C1(S(=O)(=O)c2ccc(Cl)cc2)CCCC1. The molecule has 2 aliphatic rings. The van der Waals surface area contributed by atoms with E-state index in [4.69, 9.17) is 11.6 Å². The highest BCUT2D eigenvalue weighted by Gasteiger charge is 2.52. The van der Waals surface area contributed by atoms with Crippen molar-refractivity contribution in [3.05, 3.63) is 29.3 Å². The smallest absolute Gasteiger partial charge is 0.241 e. The van der Waals surface area contributed by atoms with Gasteiger partial charge in [-0.2, -0.15) is 0 Å². The molecule has 1 aliphatic heterocycles. The topological polar surface area (TPSA) is 75.3 Å². The third kappa shape index (κ3) is 4.19. The first-order valence-electron chi connectivity index (χ1n) is 8.95. The zero-order chi connectivity index (χ0) is 17.9. The van der Waals surface area contributed by atoms with Gasteiger partial charge >= 0.3 is 0 Å². The summed E-state index contributed by atoms with van der Waals surface area (Å²) in [6.45, 7) is 2.53. The second-order valence-corrected chi connectivity index (χ2v) is 9.76. The Morgan fingerprint density at radius 3 is 2.46 bits per heavy atom. The van der Waals surface area contributed by atoms with E-state index in [1.807, 2.05) is 0 Å². The molecule has 5 nitrogen and oxygen atoms in total. The van der Waals surface area contributed by atoms with Crippen molar-refractivity contribution in [1.82, 2.24) is 10.6 Å². The minimum absolute atomic E-state index is 0. The lowest BCUT2D eigenvalue weighted by Crippen LogP contribution is -2.51. The zero-order valence-corrected chi connectivity index (χ0v) is 17.1. The molecule has 1 aliphatic carbocycles. The van der Waals surface area contributed by atoms with Crippen LogP contribution in [-0.2, 0) is 14.6 Å². The number of carbonyl (C=O) groups excluding carboxylic acids is 1. The summed E-state index contributed by atoms with van der Waals surface area (Å²) in [6, 6.07) is 6.11. The molecule has 1 amide bonds. The van der Waals surface area contributed by atoms with Crippen LogP contribution >= 0.6 is 24.0 Å². The van der Waals surface area contributed by atoms with Crippen molar-refractivity contribution < 1.29 is 13.2 Å². The van der Waals surface area contributed by atoms with Crippen molar-refractivity contribution in [2.45, 2.75) is 48.2 Å². The molecule has 0 radical (unpaired) electrons. The lowest BCUT2D eigenvalue weighted by molar-refractivity contribution is -0.123. The molecule has 146 valence electrons. The van der Waals surface area contributed by atoms with Crippen LogP contribution in [0.25, 0.3) is 0 Å². The van der Waals surface area contributed by atoms with Crippen molar-refractivity contribution in [3.63, 3.8) is 0 Å². The minimum Gasteiger partial charge on any atom is -0.355 e. The summed E-state index contributed by atoms with van der Waals surface area (Å²) >= 11 is 5.87. The lowest BCUT2D eigenvalue weighted by Gasteiger charge is -2.28. The number of hydrogen-bond acceptors (Lipinski definition) is 4. The maximum Gasteiger partial charge on any atom is 0.241 e. The van der Waals surface area contributed by atoms with Crippen LogP contribution in [0, 0.1) is 5.92 Å². The van der Waals surface area contributed by atoms with Gasteiger partial charge < -0.3 is 10.6 Å². The molecule has 3 rings (SSSR count). The van der Waals surface area contributed by atoms with Gasteiger partial charge in [-0.05, 0) is 69.0 Å². The molecule has 0 bridgehead atoms. The highest BCUT2D eigenvalue weighted by molar-refractivity contribution is 7.93. The summed E-state index contributed by atoms with van der Waals surface area (Å²) in [5.74, 6) is 0.221. The largest absolute Gasteiger partial charge is 0.355 e. The standard InChI is InChI=1S/C18H25ClN2O3S.ClH/c19-15-3-5-16(6-4-15)25(23,24)18(9-1-2-10-18)17(22)21-12-8-14-7-11-20-13-14;/h3-6,14,20H,1-2,7-13H2,(H,21,22);1H. The molecule has 1 aromatic rings. The number of carbonyl (C=O) groups is 1. The van der Waals surface area contributed by atoms with Gasteiger partial charge in [-0.15, -0.1) is 12.4 Å². The molecule has 2 N–H and O–H groups in total. The molecular weight excluding hydrogens is 395 g/mol. The van der Waals surface area contributed by atoms with Gasteiger partial charge in [0.2, 0.25) is 5.91 Å². The number of halogens is 2. The van der Waals surface area contributed by atoms with E-state index in [2.05, 4.69) is 10.6 Å². The highest BCUT2D eigenvalue weighted by atomic mass is 35.5. The van der Waals surface area contributed by atoms with Gasteiger partial charge in [0.1, 0.15) is 0 Å². The predicted octanol–water partition coefficient (Wildman–Crippen LogP) is 2.96. The van der Waals surface area contributed by atoms with Crippen LogP contribution in [0.4, 0.5) is 0 Å². The van der Waals surface area contributed by atoms with Gasteiger partial charge in [-0.25, -0.2) is 8.42 Å². The van der Waals surface area contributed by atoms with Crippen LogP contribution < -0.4 is 10.6 Å². The maximum atomic E-state index is 13.2. The summed E-state index contributed by atoms with van der Waals surface area (Å²) in [5, 5.41) is 6.69. The average Bonchev–Trinajstić information content (AvgIpc) is 3.27. The molecule has 8 heteroatoms. The summed E-state index contributed by atoms with van der Waals surface area (Å²) in [6.07, 6.45) is 4.28. The van der Waals surface area contributed by atoms with Crippen molar-refractivity contribution in [3.8, 4) is 0 Å². The number of amides is 1. The first-order valence-corrected chi connectivity index (χ1v) is 10.8. The van der Waals surface area contributed by atoms with Gasteiger partial charge in [0.05, 0.1) is 4.90 Å². The fourth-order valence-corrected chi connectivity index (χ4v) is 6.13. The molecule has 1 atom stereocenters. The number of nitrogens with one attached hydrogen (secondary N) is 2. The molecule has 26 heavy (non-hydrogen) atoms. The Morgan fingerprint density at radius 2 is 1.88 bits per heavy atom. The Bertz CT molecular complexity index is 710. The fourth-order valence-electron chi connectivity index (χ4n) is 3.92. The average molecular weight is 421 g/mol. The van der Waals surface area contributed by atoms with E-state index in [0.29, 0.717) is 30.3 Å². The van der Waals surface area contributed by atoms with Crippen LogP contribution in [0.1, 0.15) is 38.5 Å². The normalized spacial score (nSPS) is 22.0. The number of rotatable bonds is 6. The summed E-state index contributed by atoms with van der Waals surface area (Å²) in [4.78, 5) is 13.1. The van der Waals surface area contributed by atoms with Crippen LogP contribution in [0.2, 0.25) is 5.02 Å². The Labute approximate surface area is 166 Å². The quantitative estimate of drug-likeness (QED) is 0.741. The Kier molecular flexibility index (Phi) is 7.36. The third-order valence-electron chi connectivity index (χ3n) is 5.46. The molecule has 1 unspecified atom stereocenters. The van der Waals surface area contributed by atoms with Gasteiger partial charge in [-0.1, -0.05) is 24.4 Å². The molecule has 1 aromatic carbocycles. The van der Waals surface area contributed by atoms with E-state index in [-0.39, 0.29) is 23.2 Å². The summed E-state index contributed by atoms with van der Waals surface area (Å²) < 4.78 is 25.1. The van der Waals surface area contributed by atoms with E-state index in [1.54, 1.807) is 12.1 Å². The molecule has 0 spiro atoms. The minimum atomic E-state index is -3.75. The second-order valence-electron chi connectivity index (χ2n) is 7.06. The van der Waals surface area contributed by atoms with Gasteiger partial charge in [-0.3, -0.25) is 4.79 Å². The van der Waals surface area contributed by atoms with Gasteiger partial charge in [0.15, 0.2) is 14.6 Å². The Hall–Kier alpha value is -0.820. The number of hydrogen-bond donors (Lipinski definition) is 2. The Morgan fingerprint density at radius 1 is 1.23 bits per heavy atom. The third-order valence-corrected chi connectivity index (χ3v) is 8.23. The van der Waals surface area contributed by atoms with E-state index in [1.165, 1.54) is 12.1 Å². The summed E-state index contributed by atoms with van der Waals surface area (Å²) in [7, 11) is -3.75. The first-order chi connectivity index (χ1) is 12.0. The van der Waals surface area contributed by atoms with Crippen molar-refractivity contribution in [2.75, 3.05) is 19.6 Å². The van der Waals surface area contributed by atoms with E-state index < -0.39 is 14.6 Å². The molecule has 1 saturated heterocycles. The predicted molar refractivity (Wildman–Crippen MR) is 106 cm³/mol. The molecular formula is C18H26Cl2N2O3S. The van der Waals surface area contributed by atoms with Crippen molar-refractivity contribution in [2.24, 2.45) is 5.92 Å². The molecule has 1 heterocycles. The first kappa shape index (κ1) is 21.5. The molecule has 0 aromatic heterocycles. The van der Waals surface area contributed by atoms with Crippen LogP contribution in [0.5, 0.6) is 0 Å². The van der Waals surface area contributed by atoms with Crippen molar-refractivity contribution in [1.29, 1.82) is 0 Å². The van der Waals surface area contributed by atoms with E-state index in [9.17, 15) is 13.2 Å². The van der Waals surface area contributed by atoms with Crippen LogP contribution in [0.3, 0.4) is 0 Å². The Balaban J connectivity index is 0.00000243. The zero-order valence-electron chi connectivity index (χ0n) is 14.7. The van der Waals surface area contributed by atoms with Gasteiger partial charge in [0, 0.05) is 11.6 Å². The van der Waals surface area contributed by atoms with Crippen LogP contribution in [0.15, 0.2) is 29.2 Å². The van der Waals surface area contributed by atoms with Crippen LogP contribution in [-0.4, -0.2) is 38.7 Å². The molecule has 2 fully saturated rings. The summed E-state index contributed by atoms with van der Waals surface area (Å²) in [5.41, 5.74) is 0. The van der Waals surface area contributed by atoms with E-state index in [0.717, 1.165) is 38.8 Å². The number of benzene rings is 1. The van der Waals surface area contributed by atoms with Gasteiger partial charge in [0.25, 0.3) is 0 Å². The molecule has 1 saturated carbocycles. The van der Waals surface area contributed by atoms with E-state index >= 15 is 0 Å².